The van der Waals surface area contributed by atoms with Gasteiger partial charge >= 0.3 is 5.69 Å². The van der Waals surface area contributed by atoms with E-state index in [1.165, 1.54) is 4.57 Å². The van der Waals surface area contributed by atoms with Gasteiger partial charge in [-0.05, 0) is 38.0 Å². The van der Waals surface area contributed by atoms with Crippen molar-refractivity contribution in [3.05, 3.63) is 55.2 Å². The molecule has 3 rings (SSSR count). The third-order valence-corrected chi connectivity index (χ3v) is 5.12. The molecule has 0 amide bonds. The molecule has 0 fully saturated rings. The monoisotopic (exact) mass is 348 g/mol. The number of aromatic nitrogens is 2. The summed E-state index contributed by atoms with van der Waals surface area (Å²) in [6, 6.07) is 5.74. The molecule has 7 heteroatoms. The zero-order chi connectivity index (χ0) is 17.4. The fraction of sp³-hybridized carbons (Fsp3) is 0.412. The normalized spacial score (nSPS) is 15.7. The molecule has 2 N–H and O–H groups in total. The molecule has 0 radical (unpaired) electrons. The number of H-pyrrole nitrogens is 1. The van der Waals surface area contributed by atoms with Crippen LogP contribution >= 0.6 is 11.6 Å². The lowest BCUT2D eigenvalue weighted by Crippen LogP contribution is -2.45. The van der Waals surface area contributed by atoms with E-state index in [0.717, 1.165) is 12.0 Å². The molecule has 6 nitrogen and oxygen atoms in total. The Morgan fingerprint density at radius 3 is 2.79 bits per heavy atom. The fourth-order valence-corrected chi connectivity index (χ4v) is 3.15. The van der Waals surface area contributed by atoms with Gasteiger partial charge in [0.1, 0.15) is 5.82 Å². The number of rotatable bonds is 3. The molecule has 1 aliphatic rings. The summed E-state index contributed by atoms with van der Waals surface area (Å²) in [7, 11) is 0. The molecule has 128 valence electrons. The van der Waals surface area contributed by atoms with Gasteiger partial charge in [-0.3, -0.25) is 14.7 Å². The number of nitrogens with one attached hydrogen (secondary N) is 2. The average Bonchev–Trinajstić information content (AvgIpc) is 2.57. The van der Waals surface area contributed by atoms with Crippen molar-refractivity contribution < 1.29 is 0 Å². The van der Waals surface area contributed by atoms with E-state index in [1.54, 1.807) is 12.1 Å². The molecule has 0 saturated heterocycles. The summed E-state index contributed by atoms with van der Waals surface area (Å²) < 4.78 is 1.51. The van der Waals surface area contributed by atoms with Crippen molar-refractivity contribution in [1.29, 1.82) is 0 Å². The van der Waals surface area contributed by atoms with E-state index in [9.17, 15) is 9.59 Å². The van der Waals surface area contributed by atoms with Gasteiger partial charge in [-0.25, -0.2) is 9.36 Å². The van der Waals surface area contributed by atoms with Gasteiger partial charge in [0.15, 0.2) is 0 Å². The largest absolute Gasteiger partial charge is 0.358 e. The molecule has 1 aromatic heterocycles. The van der Waals surface area contributed by atoms with Crippen LogP contribution in [0.1, 0.15) is 31.4 Å². The highest BCUT2D eigenvalue weighted by molar-refractivity contribution is 6.31. The minimum absolute atomic E-state index is 0.341. The van der Waals surface area contributed by atoms with Crippen LogP contribution in [0.15, 0.2) is 27.8 Å². The van der Waals surface area contributed by atoms with Crippen molar-refractivity contribution in [2.75, 3.05) is 12.0 Å². The lowest BCUT2D eigenvalue weighted by atomic mass is 10.1. The number of nitrogens with zero attached hydrogens (tertiary/aromatic N) is 2. The van der Waals surface area contributed by atoms with Crippen LogP contribution in [0.2, 0.25) is 5.02 Å². The van der Waals surface area contributed by atoms with Crippen LogP contribution in [-0.4, -0.2) is 27.2 Å². The van der Waals surface area contributed by atoms with Gasteiger partial charge in [-0.2, -0.15) is 0 Å². The number of hydrogen-bond acceptors (Lipinski definition) is 4. The summed E-state index contributed by atoms with van der Waals surface area (Å²) >= 11 is 6.20. The van der Waals surface area contributed by atoms with Crippen LogP contribution < -0.4 is 16.6 Å². The van der Waals surface area contributed by atoms with Crippen LogP contribution in [0.3, 0.4) is 0 Å². The standard InChI is InChI=1S/C17H21ClN4O2/c1-4-10(2)21-8-12-15(19-9-21)22(17(24)20-16(12)23)14-7-5-6-13(18)11(14)3/h5-7,10,19H,4,8-9H2,1-3H3,(H,20,23,24). The number of hydrogen-bond donors (Lipinski definition) is 2. The second kappa shape index (κ2) is 6.45. The van der Waals surface area contributed by atoms with E-state index in [2.05, 4.69) is 29.0 Å². The zero-order valence-electron chi connectivity index (χ0n) is 14.0. The molecule has 0 bridgehead atoms. The smallest absolute Gasteiger partial charge is 0.334 e. The highest BCUT2D eigenvalue weighted by atomic mass is 35.5. The lowest BCUT2D eigenvalue weighted by Gasteiger charge is -2.34. The summed E-state index contributed by atoms with van der Waals surface area (Å²) in [5, 5.41) is 3.83. The molecule has 0 spiro atoms. The number of fused-ring (bicyclic) bond motifs is 1. The van der Waals surface area contributed by atoms with Gasteiger partial charge in [-0.1, -0.05) is 24.6 Å². The van der Waals surface area contributed by atoms with Crippen LogP contribution in [0.5, 0.6) is 0 Å². The number of benzene rings is 1. The molecule has 1 aromatic carbocycles. The third-order valence-electron chi connectivity index (χ3n) is 4.71. The molecular weight excluding hydrogens is 328 g/mol. The van der Waals surface area contributed by atoms with Gasteiger partial charge in [0.25, 0.3) is 5.56 Å². The van der Waals surface area contributed by atoms with Gasteiger partial charge < -0.3 is 5.32 Å². The van der Waals surface area contributed by atoms with Crippen molar-refractivity contribution in [3.63, 3.8) is 0 Å². The van der Waals surface area contributed by atoms with Crippen molar-refractivity contribution in [2.24, 2.45) is 0 Å². The van der Waals surface area contributed by atoms with E-state index in [0.29, 0.717) is 41.3 Å². The minimum Gasteiger partial charge on any atom is -0.358 e. The number of aromatic amines is 1. The second-order valence-corrected chi connectivity index (χ2v) is 6.55. The highest BCUT2D eigenvalue weighted by Crippen LogP contribution is 2.26. The topological polar surface area (TPSA) is 70.1 Å². The molecular formula is C17H21ClN4O2. The molecule has 0 aliphatic carbocycles. The predicted octanol–water partition coefficient (Wildman–Crippen LogP) is 2.47. The second-order valence-electron chi connectivity index (χ2n) is 6.14. The van der Waals surface area contributed by atoms with E-state index in [-0.39, 0.29) is 5.56 Å². The first kappa shape index (κ1) is 16.8. The molecule has 0 saturated carbocycles. The lowest BCUT2D eigenvalue weighted by molar-refractivity contribution is 0.200. The summed E-state index contributed by atoms with van der Waals surface area (Å²) in [4.78, 5) is 29.4. The van der Waals surface area contributed by atoms with E-state index >= 15 is 0 Å². The van der Waals surface area contributed by atoms with Crippen molar-refractivity contribution in [1.82, 2.24) is 14.5 Å². The quantitative estimate of drug-likeness (QED) is 0.894. The maximum atomic E-state index is 12.5. The van der Waals surface area contributed by atoms with Gasteiger partial charge in [0, 0.05) is 17.6 Å². The first-order chi connectivity index (χ1) is 11.4. The van der Waals surface area contributed by atoms with Crippen LogP contribution in [0.4, 0.5) is 5.82 Å². The highest BCUT2D eigenvalue weighted by Gasteiger charge is 2.26. The average molecular weight is 349 g/mol. The number of anilines is 1. The minimum atomic E-state index is -0.464. The van der Waals surface area contributed by atoms with E-state index < -0.39 is 5.69 Å². The zero-order valence-corrected chi connectivity index (χ0v) is 14.8. The Labute approximate surface area is 145 Å². The first-order valence-corrected chi connectivity index (χ1v) is 8.43. The van der Waals surface area contributed by atoms with Gasteiger partial charge in [-0.15, -0.1) is 0 Å². The Bertz CT molecular complexity index is 887. The summed E-state index contributed by atoms with van der Waals surface area (Å²) in [6.07, 6.45) is 0.988. The molecule has 24 heavy (non-hydrogen) atoms. The van der Waals surface area contributed by atoms with Gasteiger partial charge in [0.05, 0.1) is 17.9 Å². The van der Waals surface area contributed by atoms with Crippen LogP contribution in [0.25, 0.3) is 5.69 Å². The van der Waals surface area contributed by atoms with Crippen molar-refractivity contribution >= 4 is 17.4 Å². The molecule has 2 heterocycles. The Morgan fingerprint density at radius 1 is 1.33 bits per heavy atom. The van der Waals surface area contributed by atoms with Gasteiger partial charge in [0.2, 0.25) is 0 Å². The Hall–Kier alpha value is -2.05. The molecule has 1 atom stereocenters. The van der Waals surface area contributed by atoms with Crippen molar-refractivity contribution in [2.45, 2.75) is 39.8 Å². The van der Waals surface area contributed by atoms with Crippen molar-refractivity contribution in [3.8, 4) is 5.69 Å². The maximum Gasteiger partial charge on any atom is 0.334 e. The fourth-order valence-electron chi connectivity index (χ4n) is 2.98. The van der Waals surface area contributed by atoms with Crippen LogP contribution in [0, 0.1) is 6.92 Å². The summed E-state index contributed by atoms with van der Waals surface area (Å²) in [5.41, 5.74) is 1.23. The SMILES string of the molecule is CCC(C)N1CNc2c(c(=O)[nH]c(=O)n2-c2cccc(Cl)c2C)C1. The number of halogens is 1. The Kier molecular flexibility index (Phi) is 4.51. The third kappa shape index (κ3) is 2.76. The summed E-state index contributed by atoms with van der Waals surface area (Å²) in [5.74, 6) is 0.550. The van der Waals surface area contributed by atoms with Crippen LogP contribution in [-0.2, 0) is 6.54 Å². The first-order valence-electron chi connectivity index (χ1n) is 8.05. The summed E-state index contributed by atoms with van der Waals surface area (Å²) in [6.45, 7) is 7.19. The van der Waals surface area contributed by atoms with E-state index in [1.807, 2.05) is 13.0 Å². The Morgan fingerprint density at radius 2 is 2.08 bits per heavy atom. The molecule has 2 aromatic rings. The Balaban J connectivity index is 2.19. The molecule has 1 unspecified atom stereocenters. The predicted molar refractivity (Wildman–Crippen MR) is 96.2 cm³/mol. The van der Waals surface area contributed by atoms with E-state index in [4.69, 9.17) is 11.6 Å². The maximum absolute atomic E-state index is 12.5. The molecule has 1 aliphatic heterocycles.